The molecule has 0 aliphatic carbocycles. The van der Waals surface area contributed by atoms with Crippen LogP contribution in [0.2, 0.25) is 5.02 Å². The molecule has 0 radical (unpaired) electrons. The minimum absolute atomic E-state index is 0.0178. The highest BCUT2D eigenvalue weighted by Gasteiger charge is 2.32. The van der Waals surface area contributed by atoms with Gasteiger partial charge < -0.3 is 15.5 Å². The van der Waals surface area contributed by atoms with E-state index in [4.69, 9.17) is 17.3 Å². The zero-order chi connectivity index (χ0) is 22.4. The van der Waals surface area contributed by atoms with E-state index in [1.807, 2.05) is 18.7 Å². The lowest BCUT2D eigenvalue weighted by Gasteiger charge is -2.37. The molecule has 3 heterocycles. The fourth-order valence-electron chi connectivity index (χ4n) is 3.97. The second-order valence-electron chi connectivity index (χ2n) is 7.88. The van der Waals surface area contributed by atoms with Crippen molar-refractivity contribution in [3.8, 4) is 5.69 Å². The first kappa shape index (κ1) is 20.9. The lowest BCUT2D eigenvalue weighted by atomic mass is 10.1. The highest BCUT2D eigenvalue weighted by molar-refractivity contribution is 6.33. The smallest absolute Gasteiger partial charge is 0.262 e. The van der Waals surface area contributed by atoms with Crippen LogP contribution in [-0.4, -0.2) is 53.4 Å². The van der Waals surface area contributed by atoms with E-state index >= 15 is 0 Å². The first-order valence-electron chi connectivity index (χ1n) is 9.94. The highest BCUT2D eigenvalue weighted by atomic mass is 35.5. The summed E-state index contributed by atoms with van der Waals surface area (Å²) >= 11 is 6.52. The molecule has 0 unspecified atom stereocenters. The number of nitrogens with zero attached hydrogens (tertiary/aromatic N) is 3. The van der Waals surface area contributed by atoms with Gasteiger partial charge in [0.1, 0.15) is 5.82 Å². The third kappa shape index (κ3) is 3.54. The SMILES string of the molecule is CC(C)C(=O)N1CCN(c2ccc(-n3c(N)c4c(cc3=O)C(=O)NC4=O)cc2Cl)CC1. The predicted molar refractivity (Wildman–Crippen MR) is 117 cm³/mol. The fraction of sp³-hybridized carbons (Fsp3) is 0.333. The fourth-order valence-corrected chi connectivity index (χ4v) is 4.26. The Balaban J connectivity index is 1.62. The standard InChI is InChI=1S/C21H22ClN5O4/c1-11(2)21(31)26-7-5-25(6-8-26)15-4-3-12(9-14(15)22)27-16(28)10-13-17(18(27)23)20(30)24-19(13)29/h3-4,9-11H,5-8,23H2,1-2H3,(H,24,29,30). The molecule has 1 aromatic carbocycles. The number of halogens is 1. The van der Waals surface area contributed by atoms with Gasteiger partial charge >= 0.3 is 0 Å². The van der Waals surface area contributed by atoms with Gasteiger partial charge in [0.15, 0.2) is 0 Å². The van der Waals surface area contributed by atoms with Crippen LogP contribution in [0.25, 0.3) is 5.69 Å². The largest absolute Gasteiger partial charge is 0.384 e. The molecule has 0 saturated carbocycles. The Morgan fingerprint density at radius 3 is 2.35 bits per heavy atom. The number of amides is 3. The number of rotatable bonds is 3. The molecule has 0 atom stereocenters. The van der Waals surface area contributed by atoms with Gasteiger partial charge in [-0.1, -0.05) is 25.4 Å². The van der Waals surface area contributed by atoms with E-state index in [1.165, 1.54) is 0 Å². The summed E-state index contributed by atoms with van der Waals surface area (Å²) in [5.74, 6) is -1.30. The summed E-state index contributed by atoms with van der Waals surface area (Å²) in [6.45, 7) is 6.26. The average molecular weight is 444 g/mol. The summed E-state index contributed by atoms with van der Waals surface area (Å²) in [5.41, 5.74) is 6.67. The Labute approximate surface area is 183 Å². The third-order valence-corrected chi connectivity index (χ3v) is 5.87. The van der Waals surface area contributed by atoms with Crippen molar-refractivity contribution >= 4 is 40.8 Å². The minimum Gasteiger partial charge on any atom is -0.384 e. The van der Waals surface area contributed by atoms with E-state index in [0.717, 1.165) is 16.3 Å². The van der Waals surface area contributed by atoms with Crippen LogP contribution in [0.3, 0.4) is 0 Å². The zero-order valence-electron chi connectivity index (χ0n) is 17.1. The van der Waals surface area contributed by atoms with Crippen molar-refractivity contribution < 1.29 is 14.4 Å². The molecule has 0 bridgehead atoms. The van der Waals surface area contributed by atoms with Crippen LogP contribution in [0.4, 0.5) is 11.5 Å². The summed E-state index contributed by atoms with van der Waals surface area (Å²) in [7, 11) is 0. The van der Waals surface area contributed by atoms with Gasteiger partial charge in [0.2, 0.25) is 5.91 Å². The van der Waals surface area contributed by atoms with Crippen LogP contribution in [0, 0.1) is 5.92 Å². The van der Waals surface area contributed by atoms with Gasteiger partial charge in [-0.2, -0.15) is 0 Å². The number of nitrogens with two attached hydrogens (primary N) is 1. The van der Waals surface area contributed by atoms with Crippen molar-refractivity contribution in [2.24, 2.45) is 5.92 Å². The van der Waals surface area contributed by atoms with Crippen molar-refractivity contribution in [1.29, 1.82) is 0 Å². The molecule has 31 heavy (non-hydrogen) atoms. The van der Waals surface area contributed by atoms with Crippen LogP contribution >= 0.6 is 11.6 Å². The second kappa shape index (κ2) is 7.73. The second-order valence-corrected chi connectivity index (χ2v) is 8.29. The molecule has 3 N–H and O–H groups in total. The normalized spacial score (nSPS) is 16.0. The summed E-state index contributed by atoms with van der Waals surface area (Å²) in [4.78, 5) is 52.6. The first-order chi connectivity index (χ1) is 14.7. The number of carbonyl (C=O) groups excluding carboxylic acids is 3. The topological polar surface area (TPSA) is 118 Å². The molecule has 2 aromatic rings. The molecule has 1 aromatic heterocycles. The Kier molecular flexibility index (Phi) is 5.22. The third-order valence-electron chi connectivity index (χ3n) is 5.57. The highest BCUT2D eigenvalue weighted by Crippen LogP contribution is 2.31. The molecule has 10 heteroatoms. The summed E-state index contributed by atoms with van der Waals surface area (Å²) in [6.07, 6.45) is 0. The van der Waals surface area contributed by atoms with Gasteiger partial charge in [0, 0.05) is 38.2 Å². The number of hydrogen-bond donors (Lipinski definition) is 2. The van der Waals surface area contributed by atoms with E-state index in [1.54, 1.807) is 18.2 Å². The van der Waals surface area contributed by atoms with Gasteiger partial charge in [0.25, 0.3) is 17.4 Å². The molecule has 4 rings (SSSR count). The Morgan fingerprint density at radius 1 is 1.06 bits per heavy atom. The number of imide groups is 1. The summed E-state index contributed by atoms with van der Waals surface area (Å²) in [5, 5.41) is 2.55. The summed E-state index contributed by atoms with van der Waals surface area (Å²) in [6, 6.07) is 6.16. The molecule has 2 aliphatic rings. The number of fused-ring (bicyclic) bond motifs is 1. The van der Waals surface area contributed by atoms with Gasteiger partial charge in [-0.25, -0.2) is 0 Å². The molecular formula is C21H22ClN5O4. The number of carbonyl (C=O) groups is 3. The van der Waals surface area contributed by atoms with Crippen LogP contribution in [0.15, 0.2) is 29.1 Å². The maximum atomic E-state index is 12.6. The zero-order valence-corrected chi connectivity index (χ0v) is 17.9. The minimum atomic E-state index is -0.639. The first-order valence-corrected chi connectivity index (χ1v) is 10.3. The molecule has 9 nitrogen and oxygen atoms in total. The van der Waals surface area contributed by atoms with E-state index in [0.29, 0.717) is 36.9 Å². The number of piperazine rings is 1. The lowest BCUT2D eigenvalue weighted by molar-refractivity contribution is -0.134. The van der Waals surface area contributed by atoms with E-state index in [-0.39, 0.29) is 28.8 Å². The maximum absolute atomic E-state index is 12.6. The van der Waals surface area contributed by atoms with Crippen molar-refractivity contribution in [2.75, 3.05) is 36.8 Å². The number of aromatic nitrogens is 1. The number of pyridine rings is 1. The number of anilines is 2. The van der Waals surface area contributed by atoms with E-state index < -0.39 is 17.4 Å². The molecule has 3 amide bonds. The van der Waals surface area contributed by atoms with Crippen LogP contribution < -0.4 is 21.5 Å². The van der Waals surface area contributed by atoms with E-state index in [9.17, 15) is 19.2 Å². The van der Waals surface area contributed by atoms with Crippen molar-refractivity contribution in [3.63, 3.8) is 0 Å². The van der Waals surface area contributed by atoms with Crippen molar-refractivity contribution in [1.82, 2.24) is 14.8 Å². The number of hydrogen-bond acceptors (Lipinski definition) is 6. The lowest BCUT2D eigenvalue weighted by Crippen LogP contribution is -2.50. The predicted octanol–water partition coefficient (Wildman–Crippen LogP) is 1.26. The molecule has 1 saturated heterocycles. The van der Waals surface area contributed by atoms with Gasteiger partial charge in [0.05, 0.1) is 27.5 Å². The van der Waals surface area contributed by atoms with Crippen LogP contribution in [0.1, 0.15) is 34.6 Å². The number of nitrogen functional groups attached to an aromatic ring is 1. The number of benzene rings is 1. The Hall–Kier alpha value is -3.33. The Morgan fingerprint density at radius 2 is 1.74 bits per heavy atom. The monoisotopic (exact) mass is 443 g/mol. The quantitative estimate of drug-likeness (QED) is 0.689. The maximum Gasteiger partial charge on any atom is 0.262 e. The molecular weight excluding hydrogens is 422 g/mol. The van der Waals surface area contributed by atoms with Gasteiger partial charge in [-0.05, 0) is 18.2 Å². The molecule has 2 aliphatic heterocycles. The average Bonchev–Trinajstić information content (AvgIpc) is 3.01. The molecule has 1 fully saturated rings. The van der Waals surface area contributed by atoms with E-state index in [2.05, 4.69) is 10.2 Å². The van der Waals surface area contributed by atoms with Crippen molar-refractivity contribution in [3.05, 3.63) is 50.8 Å². The van der Waals surface area contributed by atoms with Gasteiger partial charge in [-0.3, -0.25) is 29.1 Å². The van der Waals surface area contributed by atoms with Crippen LogP contribution in [-0.2, 0) is 4.79 Å². The number of nitrogens with one attached hydrogen (secondary N) is 1. The molecule has 162 valence electrons. The Bertz CT molecular complexity index is 1170. The summed E-state index contributed by atoms with van der Waals surface area (Å²) < 4.78 is 1.16. The van der Waals surface area contributed by atoms with Crippen molar-refractivity contribution in [2.45, 2.75) is 13.8 Å². The van der Waals surface area contributed by atoms with Crippen LogP contribution in [0.5, 0.6) is 0 Å². The molecule has 0 spiro atoms. The van der Waals surface area contributed by atoms with Gasteiger partial charge in [-0.15, -0.1) is 0 Å².